The average molecular weight is 401 g/mol. The second-order valence-electron chi connectivity index (χ2n) is 6.86. The van der Waals surface area contributed by atoms with E-state index in [0.29, 0.717) is 28.4 Å². The van der Waals surface area contributed by atoms with Crippen molar-refractivity contribution < 1.29 is 4.79 Å². The Hall–Kier alpha value is -2.78. The van der Waals surface area contributed by atoms with Crippen molar-refractivity contribution in [1.29, 1.82) is 0 Å². The molecule has 1 aliphatic heterocycles. The van der Waals surface area contributed by atoms with E-state index in [-0.39, 0.29) is 5.91 Å². The van der Waals surface area contributed by atoms with Crippen LogP contribution in [0.15, 0.2) is 24.5 Å². The number of hydrogen-bond acceptors (Lipinski definition) is 7. The molecule has 0 radical (unpaired) electrons. The van der Waals surface area contributed by atoms with Crippen LogP contribution in [0.4, 0.5) is 11.5 Å². The number of nitrogens with zero attached hydrogens (tertiary/aromatic N) is 7. The van der Waals surface area contributed by atoms with Crippen molar-refractivity contribution in [2.45, 2.75) is 6.92 Å². The van der Waals surface area contributed by atoms with Crippen molar-refractivity contribution in [3.8, 4) is 0 Å². The maximum absolute atomic E-state index is 12.4. The summed E-state index contributed by atoms with van der Waals surface area (Å²) in [6.45, 7) is 5.30. The molecule has 1 aromatic carbocycles. The number of amides is 1. The fourth-order valence-electron chi connectivity index (χ4n) is 3.26. The van der Waals surface area contributed by atoms with Crippen molar-refractivity contribution in [2.24, 2.45) is 7.05 Å². The molecule has 2 aromatic heterocycles. The van der Waals surface area contributed by atoms with E-state index in [0.717, 1.165) is 37.6 Å². The molecule has 0 unspecified atom stereocenters. The molecule has 1 saturated heterocycles. The molecule has 4 rings (SSSR count). The van der Waals surface area contributed by atoms with Gasteiger partial charge in [0.25, 0.3) is 0 Å². The van der Waals surface area contributed by atoms with Gasteiger partial charge < -0.3 is 10.2 Å². The summed E-state index contributed by atoms with van der Waals surface area (Å²) in [5.41, 5.74) is 3.11. The molecule has 1 amide bonds. The van der Waals surface area contributed by atoms with Crippen LogP contribution in [0.2, 0.25) is 5.02 Å². The first-order chi connectivity index (χ1) is 13.5. The molecule has 0 atom stereocenters. The summed E-state index contributed by atoms with van der Waals surface area (Å²) in [6.07, 6.45) is 1.54. The Morgan fingerprint density at radius 3 is 2.75 bits per heavy atom. The fourth-order valence-corrected chi connectivity index (χ4v) is 3.44. The number of hydrogen-bond donors (Lipinski definition) is 1. The maximum Gasteiger partial charge on any atom is 0.238 e. The summed E-state index contributed by atoms with van der Waals surface area (Å²) in [5, 5.41) is 11.8. The zero-order chi connectivity index (χ0) is 19.7. The minimum Gasteiger partial charge on any atom is -0.352 e. The first kappa shape index (κ1) is 18.6. The number of halogens is 1. The second kappa shape index (κ2) is 7.69. The number of piperazine rings is 1. The van der Waals surface area contributed by atoms with Crippen LogP contribution in [-0.4, -0.2) is 68.5 Å². The van der Waals surface area contributed by atoms with Crippen molar-refractivity contribution in [3.63, 3.8) is 0 Å². The lowest BCUT2D eigenvalue weighted by atomic mass is 10.2. The van der Waals surface area contributed by atoms with Gasteiger partial charge in [-0.2, -0.15) is 0 Å². The zero-order valence-corrected chi connectivity index (χ0v) is 16.5. The average Bonchev–Trinajstić information content (AvgIpc) is 3.07. The Morgan fingerprint density at radius 2 is 2.00 bits per heavy atom. The highest BCUT2D eigenvalue weighted by Crippen LogP contribution is 2.22. The SMILES string of the molecule is Cc1ccc(NC(=O)CN2CCN(c3ncnc4c3nnn4C)CC2)cc1Cl. The number of anilines is 2. The smallest absolute Gasteiger partial charge is 0.238 e. The van der Waals surface area contributed by atoms with Crippen molar-refractivity contribution in [1.82, 2.24) is 29.9 Å². The van der Waals surface area contributed by atoms with Gasteiger partial charge in [0, 0.05) is 43.9 Å². The molecule has 0 saturated carbocycles. The van der Waals surface area contributed by atoms with Crippen LogP contribution >= 0.6 is 11.6 Å². The highest BCUT2D eigenvalue weighted by molar-refractivity contribution is 6.31. The monoisotopic (exact) mass is 400 g/mol. The molecule has 1 N–H and O–H groups in total. The van der Waals surface area contributed by atoms with Crippen LogP contribution < -0.4 is 10.2 Å². The van der Waals surface area contributed by atoms with Crippen molar-refractivity contribution in [3.05, 3.63) is 35.1 Å². The van der Waals surface area contributed by atoms with E-state index < -0.39 is 0 Å². The van der Waals surface area contributed by atoms with Gasteiger partial charge in [-0.15, -0.1) is 5.10 Å². The maximum atomic E-state index is 12.4. The molecular weight excluding hydrogens is 380 g/mol. The summed E-state index contributed by atoms with van der Waals surface area (Å²) in [7, 11) is 1.81. The van der Waals surface area contributed by atoms with E-state index in [2.05, 4.69) is 35.4 Å². The number of nitrogens with one attached hydrogen (secondary N) is 1. The lowest BCUT2D eigenvalue weighted by Gasteiger charge is -2.34. The Bertz CT molecular complexity index is 1010. The molecular formula is C18H21ClN8O. The third kappa shape index (κ3) is 3.76. The molecule has 10 heteroatoms. The van der Waals surface area contributed by atoms with E-state index >= 15 is 0 Å². The van der Waals surface area contributed by atoms with Crippen LogP contribution in [0.25, 0.3) is 11.2 Å². The summed E-state index contributed by atoms with van der Waals surface area (Å²) in [6, 6.07) is 5.53. The van der Waals surface area contributed by atoms with Crippen LogP contribution in [0.3, 0.4) is 0 Å². The molecule has 0 spiro atoms. The number of rotatable bonds is 4. The van der Waals surface area contributed by atoms with Gasteiger partial charge in [-0.3, -0.25) is 9.69 Å². The van der Waals surface area contributed by atoms with Crippen LogP contribution in [0, 0.1) is 6.92 Å². The van der Waals surface area contributed by atoms with Gasteiger partial charge in [-0.1, -0.05) is 22.9 Å². The molecule has 1 fully saturated rings. The van der Waals surface area contributed by atoms with Crippen LogP contribution in [-0.2, 0) is 11.8 Å². The van der Waals surface area contributed by atoms with E-state index in [9.17, 15) is 4.79 Å². The largest absolute Gasteiger partial charge is 0.352 e. The highest BCUT2D eigenvalue weighted by Gasteiger charge is 2.23. The third-order valence-electron chi connectivity index (χ3n) is 4.86. The summed E-state index contributed by atoms with van der Waals surface area (Å²) >= 11 is 6.12. The van der Waals surface area contributed by atoms with Gasteiger partial charge in [-0.05, 0) is 24.6 Å². The predicted octanol–water partition coefficient (Wildman–Crippen LogP) is 1.48. The quantitative estimate of drug-likeness (QED) is 0.709. The lowest BCUT2D eigenvalue weighted by Crippen LogP contribution is -2.49. The number of benzene rings is 1. The molecule has 1 aliphatic rings. The van der Waals surface area contributed by atoms with E-state index in [4.69, 9.17) is 11.6 Å². The van der Waals surface area contributed by atoms with E-state index in [1.807, 2.05) is 26.1 Å². The Morgan fingerprint density at radius 1 is 1.21 bits per heavy atom. The number of carbonyl (C=O) groups excluding carboxylic acids is 1. The lowest BCUT2D eigenvalue weighted by molar-refractivity contribution is -0.117. The van der Waals surface area contributed by atoms with E-state index in [1.165, 1.54) is 6.33 Å². The van der Waals surface area contributed by atoms with Gasteiger partial charge in [0.15, 0.2) is 17.0 Å². The number of fused-ring (bicyclic) bond motifs is 1. The van der Waals surface area contributed by atoms with Gasteiger partial charge in [0.2, 0.25) is 5.91 Å². The minimum atomic E-state index is -0.0493. The molecule has 0 bridgehead atoms. The Labute approximate surface area is 167 Å². The molecule has 28 heavy (non-hydrogen) atoms. The third-order valence-corrected chi connectivity index (χ3v) is 5.27. The first-order valence-electron chi connectivity index (χ1n) is 9.05. The molecule has 3 aromatic rings. The molecule has 3 heterocycles. The number of aryl methyl sites for hydroxylation is 2. The van der Waals surface area contributed by atoms with Crippen LogP contribution in [0.5, 0.6) is 0 Å². The number of aromatic nitrogens is 5. The Kier molecular flexibility index (Phi) is 5.10. The van der Waals surface area contributed by atoms with Crippen molar-refractivity contribution in [2.75, 3.05) is 42.9 Å². The first-order valence-corrected chi connectivity index (χ1v) is 9.43. The van der Waals surface area contributed by atoms with Gasteiger partial charge in [-0.25, -0.2) is 14.6 Å². The summed E-state index contributed by atoms with van der Waals surface area (Å²) in [5.74, 6) is 0.739. The topological polar surface area (TPSA) is 92.1 Å². The zero-order valence-electron chi connectivity index (χ0n) is 15.8. The van der Waals surface area contributed by atoms with Gasteiger partial charge in [0.1, 0.15) is 6.33 Å². The van der Waals surface area contributed by atoms with Gasteiger partial charge >= 0.3 is 0 Å². The Balaban J connectivity index is 1.35. The predicted molar refractivity (Wildman–Crippen MR) is 108 cm³/mol. The number of carbonyl (C=O) groups is 1. The van der Waals surface area contributed by atoms with Crippen LogP contribution in [0.1, 0.15) is 5.56 Å². The normalized spacial score (nSPS) is 15.2. The fraction of sp³-hybridized carbons (Fsp3) is 0.389. The molecule has 9 nitrogen and oxygen atoms in total. The summed E-state index contributed by atoms with van der Waals surface area (Å²) in [4.78, 5) is 25.3. The minimum absolute atomic E-state index is 0.0493. The van der Waals surface area contributed by atoms with E-state index in [1.54, 1.807) is 10.7 Å². The van der Waals surface area contributed by atoms with Gasteiger partial charge in [0.05, 0.1) is 6.54 Å². The highest BCUT2D eigenvalue weighted by atomic mass is 35.5. The van der Waals surface area contributed by atoms with Crippen molar-refractivity contribution >= 4 is 40.2 Å². The molecule has 0 aliphatic carbocycles. The standard InChI is InChI=1S/C18H21ClN8O/c1-12-3-4-13(9-14(12)19)22-15(28)10-26-5-7-27(8-6-26)18-16-17(20-11-21-18)25(2)24-23-16/h3-4,9,11H,5-8,10H2,1-2H3,(H,22,28). The summed E-state index contributed by atoms with van der Waals surface area (Å²) < 4.78 is 1.64. The molecule has 146 valence electrons. The second-order valence-corrected chi connectivity index (χ2v) is 7.27.